The Morgan fingerprint density at radius 3 is 2.54 bits per heavy atom. The normalized spacial score (nSPS) is 23.3. The van der Waals surface area contributed by atoms with Crippen molar-refractivity contribution in [3.63, 3.8) is 0 Å². The Morgan fingerprint density at radius 2 is 1.92 bits per heavy atom. The van der Waals surface area contributed by atoms with Crippen LogP contribution in [0.5, 0.6) is 0 Å². The van der Waals surface area contributed by atoms with E-state index in [2.05, 4.69) is 4.98 Å². The standard InChI is InChI=1S/C19H19NO4/c1-3-14-20-16-9(2)12(6-7-13(16)24-14)19(23)15-17(21)10-4-5-11(8-10)18(15)22/h6-7,10-11,23H,3-5,8H2,1-2H3. The van der Waals surface area contributed by atoms with E-state index in [0.717, 1.165) is 18.4 Å². The van der Waals surface area contributed by atoms with Gasteiger partial charge >= 0.3 is 0 Å². The molecule has 5 heteroatoms. The topological polar surface area (TPSA) is 80.4 Å². The molecular weight excluding hydrogens is 306 g/mol. The van der Waals surface area contributed by atoms with E-state index >= 15 is 0 Å². The largest absolute Gasteiger partial charge is 0.506 e. The molecule has 4 rings (SSSR count). The zero-order chi connectivity index (χ0) is 17.0. The van der Waals surface area contributed by atoms with Gasteiger partial charge in [-0.05, 0) is 43.9 Å². The first-order valence-electron chi connectivity index (χ1n) is 8.42. The molecule has 2 bridgehead atoms. The number of oxazole rings is 1. The molecule has 1 heterocycles. The lowest BCUT2D eigenvalue weighted by molar-refractivity contribution is -0.127. The van der Waals surface area contributed by atoms with Crippen LogP contribution in [0.1, 0.15) is 43.2 Å². The third-order valence-electron chi connectivity index (χ3n) is 5.32. The summed E-state index contributed by atoms with van der Waals surface area (Å²) in [6.07, 6.45) is 2.80. The fourth-order valence-electron chi connectivity index (χ4n) is 3.93. The molecule has 24 heavy (non-hydrogen) atoms. The van der Waals surface area contributed by atoms with Gasteiger partial charge in [0.2, 0.25) is 0 Å². The molecule has 2 atom stereocenters. The molecule has 2 unspecified atom stereocenters. The average molecular weight is 325 g/mol. The molecule has 2 fully saturated rings. The summed E-state index contributed by atoms with van der Waals surface area (Å²) in [7, 11) is 0. The van der Waals surface area contributed by atoms with Gasteiger partial charge in [0.05, 0.1) is 0 Å². The van der Waals surface area contributed by atoms with Gasteiger partial charge in [0.25, 0.3) is 0 Å². The molecule has 2 saturated carbocycles. The van der Waals surface area contributed by atoms with Crippen molar-refractivity contribution < 1.29 is 19.1 Å². The minimum atomic E-state index is -0.208. The van der Waals surface area contributed by atoms with E-state index < -0.39 is 0 Å². The van der Waals surface area contributed by atoms with Gasteiger partial charge in [-0.1, -0.05) is 6.92 Å². The van der Waals surface area contributed by atoms with Gasteiger partial charge in [-0.25, -0.2) is 4.98 Å². The second kappa shape index (κ2) is 5.30. The molecule has 0 spiro atoms. The van der Waals surface area contributed by atoms with Gasteiger partial charge in [0.15, 0.2) is 23.0 Å². The highest BCUT2D eigenvalue weighted by Gasteiger charge is 2.45. The maximum absolute atomic E-state index is 12.6. The van der Waals surface area contributed by atoms with Crippen LogP contribution < -0.4 is 0 Å². The van der Waals surface area contributed by atoms with Gasteiger partial charge < -0.3 is 9.52 Å². The third-order valence-corrected chi connectivity index (χ3v) is 5.32. The number of hydrogen-bond acceptors (Lipinski definition) is 5. The predicted octanol–water partition coefficient (Wildman–Crippen LogP) is 3.54. The Balaban J connectivity index is 1.88. The van der Waals surface area contributed by atoms with Crippen molar-refractivity contribution in [2.24, 2.45) is 11.8 Å². The Labute approximate surface area is 139 Å². The molecule has 2 aromatic rings. The number of carbonyl (C=O) groups is 2. The van der Waals surface area contributed by atoms with E-state index in [9.17, 15) is 14.7 Å². The number of nitrogens with zero attached hydrogens (tertiary/aromatic N) is 1. The lowest BCUT2D eigenvalue weighted by Crippen LogP contribution is -2.30. The number of carbonyl (C=O) groups excluding carboxylic acids is 2. The zero-order valence-electron chi connectivity index (χ0n) is 13.8. The van der Waals surface area contributed by atoms with Gasteiger partial charge in [-0.15, -0.1) is 0 Å². The van der Waals surface area contributed by atoms with Crippen LogP contribution in [0.4, 0.5) is 0 Å². The van der Waals surface area contributed by atoms with Crippen LogP contribution in [-0.2, 0) is 16.0 Å². The smallest absolute Gasteiger partial charge is 0.195 e. The van der Waals surface area contributed by atoms with E-state index in [1.165, 1.54) is 0 Å². The first-order chi connectivity index (χ1) is 11.5. The lowest BCUT2D eigenvalue weighted by atomic mass is 9.81. The van der Waals surface area contributed by atoms with Crippen molar-refractivity contribution in [3.05, 3.63) is 34.7 Å². The summed E-state index contributed by atoms with van der Waals surface area (Å²) in [6.45, 7) is 3.78. The highest BCUT2D eigenvalue weighted by Crippen LogP contribution is 2.42. The summed E-state index contributed by atoms with van der Waals surface area (Å²) in [6, 6.07) is 3.43. The zero-order valence-corrected chi connectivity index (χ0v) is 13.8. The molecule has 1 N–H and O–H groups in total. The van der Waals surface area contributed by atoms with Crippen molar-refractivity contribution in [2.45, 2.75) is 39.5 Å². The Kier molecular flexibility index (Phi) is 3.34. The molecular formula is C19H19NO4. The molecule has 5 nitrogen and oxygen atoms in total. The molecule has 1 aromatic heterocycles. The Hall–Kier alpha value is -2.43. The van der Waals surface area contributed by atoms with Crippen molar-refractivity contribution in [1.82, 2.24) is 4.98 Å². The van der Waals surface area contributed by atoms with Crippen LogP contribution >= 0.6 is 0 Å². The monoisotopic (exact) mass is 325 g/mol. The second-order valence-electron chi connectivity index (χ2n) is 6.71. The van der Waals surface area contributed by atoms with Crippen LogP contribution in [-0.4, -0.2) is 21.7 Å². The van der Waals surface area contributed by atoms with Crippen LogP contribution in [0.25, 0.3) is 16.9 Å². The van der Waals surface area contributed by atoms with Crippen molar-refractivity contribution in [3.8, 4) is 0 Å². The van der Waals surface area contributed by atoms with Crippen molar-refractivity contribution in [1.29, 1.82) is 0 Å². The highest BCUT2D eigenvalue weighted by atomic mass is 16.3. The summed E-state index contributed by atoms with van der Waals surface area (Å²) in [5, 5.41) is 10.7. The lowest BCUT2D eigenvalue weighted by Gasteiger charge is -2.20. The molecule has 1 aromatic carbocycles. The number of aromatic nitrogens is 1. The van der Waals surface area contributed by atoms with Gasteiger partial charge in [0.1, 0.15) is 16.8 Å². The number of Topliss-reactive ketones (excluding diaryl/α,β-unsaturated/α-hetero) is 2. The second-order valence-corrected chi connectivity index (χ2v) is 6.71. The number of fused-ring (bicyclic) bond motifs is 3. The number of aliphatic hydroxyl groups is 1. The Morgan fingerprint density at radius 1 is 1.25 bits per heavy atom. The van der Waals surface area contributed by atoms with Crippen molar-refractivity contribution in [2.75, 3.05) is 0 Å². The molecule has 0 aliphatic heterocycles. The number of hydrogen-bond donors (Lipinski definition) is 1. The third kappa shape index (κ3) is 2.04. The number of ketones is 2. The van der Waals surface area contributed by atoms with Crippen molar-refractivity contribution >= 4 is 28.4 Å². The van der Waals surface area contributed by atoms with E-state index in [4.69, 9.17) is 4.42 Å². The fraction of sp³-hybridized carbons (Fsp3) is 0.421. The predicted molar refractivity (Wildman–Crippen MR) is 88.5 cm³/mol. The molecule has 0 radical (unpaired) electrons. The summed E-state index contributed by atoms with van der Waals surface area (Å²) >= 11 is 0. The maximum Gasteiger partial charge on any atom is 0.195 e. The number of benzene rings is 1. The number of aliphatic hydroxyl groups excluding tert-OH is 1. The average Bonchev–Trinajstić information content (AvgIpc) is 3.19. The van der Waals surface area contributed by atoms with Crippen LogP contribution in [0.3, 0.4) is 0 Å². The van der Waals surface area contributed by atoms with Crippen LogP contribution in [0, 0.1) is 18.8 Å². The van der Waals surface area contributed by atoms with Gasteiger partial charge in [-0.2, -0.15) is 0 Å². The number of rotatable bonds is 2. The van der Waals surface area contributed by atoms with Crippen LogP contribution in [0.15, 0.2) is 22.1 Å². The quantitative estimate of drug-likeness (QED) is 0.519. The first kappa shape index (κ1) is 15.1. The summed E-state index contributed by atoms with van der Waals surface area (Å²) in [5.41, 5.74) is 2.49. The molecule has 124 valence electrons. The summed E-state index contributed by atoms with van der Waals surface area (Å²) < 4.78 is 5.62. The van der Waals surface area contributed by atoms with E-state index in [1.54, 1.807) is 12.1 Å². The molecule has 0 amide bonds. The number of aryl methyl sites for hydroxylation is 2. The van der Waals surface area contributed by atoms with E-state index in [1.807, 2.05) is 13.8 Å². The molecule has 2 aliphatic carbocycles. The van der Waals surface area contributed by atoms with Crippen LogP contribution in [0.2, 0.25) is 0 Å². The molecule has 0 saturated heterocycles. The minimum absolute atomic E-state index is 0.0181. The van der Waals surface area contributed by atoms with Gasteiger partial charge in [0, 0.05) is 23.8 Å². The maximum atomic E-state index is 12.6. The first-order valence-corrected chi connectivity index (χ1v) is 8.42. The fourth-order valence-corrected chi connectivity index (χ4v) is 3.93. The Bertz CT molecular complexity index is 881. The summed E-state index contributed by atoms with van der Waals surface area (Å²) in [5.74, 6) is -0.233. The SMILES string of the molecule is CCc1nc2c(C)c(C(O)=C3C(=O)C4CCC(C4)C3=O)ccc2o1. The number of allylic oxidation sites excluding steroid dienone is 1. The van der Waals surface area contributed by atoms with E-state index in [0.29, 0.717) is 35.4 Å². The molecule has 2 aliphatic rings. The van der Waals surface area contributed by atoms with E-state index in [-0.39, 0.29) is 34.7 Å². The minimum Gasteiger partial charge on any atom is -0.506 e. The highest BCUT2D eigenvalue weighted by molar-refractivity contribution is 6.27. The van der Waals surface area contributed by atoms with Gasteiger partial charge in [-0.3, -0.25) is 9.59 Å². The summed E-state index contributed by atoms with van der Waals surface area (Å²) in [4.78, 5) is 29.6.